The summed E-state index contributed by atoms with van der Waals surface area (Å²) in [5.41, 5.74) is 12.5. The predicted octanol–water partition coefficient (Wildman–Crippen LogP) is 7.02. The third-order valence-corrected chi connectivity index (χ3v) is 8.73. The molecule has 0 spiro atoms. The zero-order valence-electron chi connectivity index (χ0n) is 25.8. The molecule has 2 atom stereocenters. The minimum Gasteiger partial charge on any atom is -0.657 e. The van der Waals surface area contributed by atoms with Gasteiger partial charge in [-0.25, -0.2) is 14.8 Å². The molecule has 2 N–H and O–H groups in total. The number of hydrogen-bond donors (Lipinski definition) is 4. The van der Waals surface area contributed by atoms with Gasteiger partial charge in [0.25, 0.3) is 0 Å². The zero-order chi connectivity index (χ0) is 32.0. The van der Waals surface area contributed by atoms with Gasteiger partial charge in [0.05, 0.1) is 22.8 Å². The first-order chi connectivity index (χ1) is 20.8. The van der Waals surface area contributed by atoms with Crippen molar-refractivity contribution in [2.75, 3.05) is 0 Å². The number of carboxylic acid groups (broad SMARTS) is 2. The van der Waals surface area contributed by atoms with E-state index < -0.39 is 11.9 Å². The normalized spacial score (nSPS) is 14.6. The molecule has 0 aliphatic carbocycles. The molecule has 2 aliphatic heterocycles. The Morgan fingerprint density at radius 1 is 0.800 bits per heavy atom. The van der Waals surface area contributed by atoms with Crippen molar-refractivity contribution in [1.82, 2.24) is 19.9 Å². The molecule has 3 aromatic heterocycles. The number of nitrogens with zero attached hydrogens (tertiary/aromatic N) is 4. The first-order valence-electron chi connectivity index (χ1n) is 14.3. The Labute approximate surface area is 283 Å². The topological polar surface area (TPSA) is 129 Å². The largest absolute Gasteiger partial charge is 2.00 e. The van der Waals surface area contributed by atoms with Crippen LogP contribution in [0.5, 0.6) is 0 Å². The van der Waals surface area contributed by atoms with E-state index in [-0.39, 0.29) is 40.4 Å². The van der Waals surface area contributed by atoms with E-state index in [0.717, 1.165) is 67.5 Å². The van der Waals surface area contributed by atoms with Crippen LogP contribution in [0.2, 0.25) is 0 Å². The Morgan fingerprint density at radius 2 is 1.36 bits per heavy atom. The van der Waals surface area contributed by atoms with Crippen molar-refractivity contribution in [2.24, 2.45) is 0 Å². The number of hydrogen-bond acceptors (Lipinski definition) is 6. The van der Waals surface area contributed by atoms with Gasteiger partial charge in [-0.2, -0.15) is 25.3 Å². The number of thiol groups is 2. The molecule has 3 aromatic rings. The molecule has 234 valence electrons. The third-order valence-electron chi connectivity index (χ3n) is 8.21. The summed E-state index contributed by atoms with van der Waals surface area (Å²) in [6, 6.07) is 7.64. The number of allylic oxidation sites excluding steroid dienone is 4. The van der Waals surface area contributed by atoms with Gasteiger partial charge in [-0.15, -0.1) is 22.1 Å². The SMILES string of the molecule is CC1=C(/C=C\C(=O)O)c2cc3[n-]c(cc4nc(cc5[n-]c(cc1n2)c([C@H](C)S)c5C)C([C@H](C)S)=C4C)c(C)c3CCC(=O)O.[Fe+2]. The number of aliphatic carboxylic acids is 2. The maximum Gasteiger partial charge on any atom is 2.00 e. The Kier molecular flexibility index (Phi) is 10.3. The summed E-state index contributed by atoms with van der Waals surface area (Å²) in [5, 5.41) is 18.7. The van der Waals surface area contributed by atoms with Gasteiger partial charge in [-0.3, -0.25) is 4.79 Å². The summed E-state index contributed by atoms with van der Waals surface area (Å²) < 4.78 is 0. The van der Waals surface area contributed by atoms with Crippen LogP contribution >= 0.6 is 25.3 Å². The van der Waals surface area contributed by atoms with Crippen LogP contribution in [0.4, 0.5) is 0 Å². The van der Waals surface area contributed by atoms with Crippen molar-refractivity contribution < 1.29 is 36.9 Å². The molecular weight excluding hydrogens is 648 g/mol. The molecule has 5 heterocycles. The molecule has 0 saturated heterocycles. The molecule has 2 aliphatic rings. The molecular formula is C34H34FeN4O4S2. The van der Waals surface area contributed by atoms with Crippen LogP contribution < -0.4 is 9.97 Å². The van der Waals surface area contributed by atoms with Crippen LogP contribution in [0.1, 0.15) is 84.4 Å². The van der Waals surface area contributed by atoms with Gasteiger partial charge in [0.2, 0.25) is 0 Å². The van der Waals surface area contributed by atoms with E-state index in [9.17, 15) is 19.8 Å². The Bertz CT molecular complexity index is 1980. The van der Waals surface area contributed by atoms with Crippen LogP contribution in [0.25, 0.3) is 44.4 Å². The monoisotopic (exact) mass is 682 g/mol. The Morgan fingerprint density at radius 3 is 1.98 bits per heavy atom. The minimum absolute atomic E-state index is 0. The third kappa shape index (κ3) is 6.72. The van der Waals surface area contributed by atoms with Crippen molar-refractivity contribution in [2.45, 2.75) is 64.9 Å². The molecule has 0 fully saturated rings. The Balaban J connectivity index is 0.00000461. The van der Waals surface area contributed by atoms with Crippen molar-refractivity contribution in [3.05, 3.63) is 81.4 Å². The van der Waals surface area contributed by atoms with Gasteiger partial charge in [0.1, 0.15) is 0 Å². The van der Waals surface area contributed by atoms with Crippen LogP contribution in [-0.4, -0.2) is 37.4 Å². The molecule has 8 nitrogen and oxygen atoms in total. The van der Waals surface area contributed by atoms with Gasteiger partial charge in [-0.05, 0) is 76.3 Å². The van der Waals surface area contributed by atoms with E-state index in [2.05, 4.69) is 0 Å². The molecule has 45 heavy (non-hydrogen) atoms. The van der Waals surface area contributed by atoms with Gasteiger partial charge in [0, 0.05) is 28.6 Å². The van der Waals surface area contributed by atoms with Crippen molar-refractivity contribution in [3.63, 3.8) is 0 Å². The standard InChI is InChI=1S/C34H36N4O4S2.Fe/c1-15-21(7-9-31(39)40)27-14-28-22(8-10-32(41)42)16(2)24(36-28)12-29-34(20(6)44)18(4)26(38-29)13-30-33(19(5)43)17(3)25(37-30)11-23(15)35-27;/h8,10-14,19-20H,7,9H2,1-6H3,(H6,35,36,37,38,39,40,41,42,43,44);/q;+2/p-2/b10-8-,23-11?,24-12?,25-11?,26-13?,27-14?,28-14?,29-12?,30-13?;/t19-,20-;/m0./s1. The van der Waals surface area contributed by atoms with Crippen molar-refractivity contribution >= 4 is 81.6 Å². The molecule has 8 bridgehead atoms. The molecule has 0 saturated carbocycles. The summed E-state index contributed by atoms with van der Waals surface area (Å²) in [4.78, 5) is 42.9. The summed E-state index contributed by atoms with van der Waals surface area (Å²) in [7, 11) is 0. The van der Waals surface area contributed by atoms with Crippen molar-refractivity contribution in [1.29, 1.82) is 0 Å². The van der Waals surface area contributed by atoms with E-state index in [4.69, 9.17) is 45.2 Å². The number of fused-ring (bicyclic) bond motifs is 8. The number of aromatic nitrogens is 4. The van der Waals surface area contributed by atoms with Crippen LogP contribution in [0, 0.1) is 13.8 Å². The van der Waals surface area contributed by atoms with Gasteiger partial charge < -0.3 is 20.2 Å². The van der Waals surface area contributed by atoms with E-state index >= 15 is 0 Å². The maximum atomic E-state index is 11.6. The van der Waals surface area contributed by atoms with Crippen LogP contribution in [0.3, 0.4) is 0 Å². The minimum atomic E-state index is -1.08. The number of carbonyl (C=O) groups is 2. The van der Waals surface area contributed by atoms with Crippen molar-refractivity contribution in [3.8, 4) is 0 Å². The summed E-state index contributed by atoms with van der Waals surface area (Å²) in [5.74, 6) is -1.98. The predicted molar refractivity (Wildman–Crippen MR) is 182 cm³/mol. The molecule has 11 heteroatoms. The average molecular weight is 683 g/mol. The van der Waals surface area contributed by atoms with E-state index in [1.54, 1.807) is 0 Å². The number of carboxylic acids is 2. The van der Waals surface area contributed by atoms with E-state index in [1.165, 1.54) is 6.08 Å². The van der Waals surface area contributed by atoms with E-state index in [1.807, 2.05) is 65.8 Å². The summed E-state index contributed by atoms with van der Waals surface area (Å²) >= 11 is 9.56. The van der Waals surface area contributed by atoms with E-state index in [0.29, 0.717) is 28.0 Å². The second-order valence-corrected chi connectivity index (χ2v) is 12.8. The Hall–Kier alpha value is -3.50. The number of rotatable bonds is 7. The smallest absolute Gasteiger partial charge is 0.657 e. The first kappa shape index (κ1) is 34.4. The molecule has 0 amide bonds. The second-order valence-electron chi connectivity index (χ2n) is 11.2. The molecule has 0 unspecified atom stereocenters. The fraction of sp³-hybridized carbons (Fsp3) is 0.294. The fourth-order valence-electron chi connectivity index (χ4n) is 5.94. The average Bonchev–Trinajstić information content (AvgIpc) is 3.59. The molecule has 5 rings (SSSR count). The van der Waals surface area contributed by atoms with Gasteiger partial charge in [0.15, 0.2) is 0 Å². The summed E-state index contributed by atoms with van der Waals surface area (Å²) in [6.07, 6.45) is 2.84. The zero-order valence-corrected chi connectivity index (χ0v) is 28.7. The maximum absolute atomic E-state index is 11.6. The fourth-order valence-corrected chi connectivity index (χ4v) is 6.59. The number of aryl methyl sites for hydroxylation is 3. The van der Waals surface area contributed by atoms with Crippen LogP contribution in [0.15, 0.2) is 36.4 Å². The quantitative estimate of drug-likeness (QED) is 0.119. The van der Waals surface area contributed by atoms with Crippen LogP contribution in [-0.2, 0) is 33.1 Å². The second kappa shape index (κ2) is 13.5. The van der Waals surface area contributed by atoms with Gasteiger partial charge >= 0.3 is 29.0 Å². The van der Waals surface area contributed by atoms with Gasteiger partial charge in [-0.1, -0.05) is 41.0 Å². The molecule has 0 aromatic carbocycles. The first-order valence-corrected chi connectivity index (χ1v) is 15.4. The summed E-state index contributed by atoms with van der Waals surface area (Å²) in [6.45, 7) is 11.9. The molecule has 0 radical (unpaired) electrons.